The van der Waals surface area contributed by atoms with Gasteiger partial charge in [-0.3, -0.25) is 4.79 Å². The maximum Gasteiger partial charge on any atom is 0.326 e. The summed E-state index contributed by atoms with van der Waals surface area (Å²) >= 11 is 0. The van der Waals surface area contributed by atoms with Crippen molar-refractivity contribution in [1.82, 2.24) is 0 Å². The zero-order valence-corrected chi connectivity index (χ0v) is 9.94. The Morgan fingerprint density at radius 1 is 1.62 bits per heavy atom. The molecule has 16 heavy (non-hydrogen) atoms. The third kappa shape index (κ3) is 3.43. The molecule has 1 rings (SSSR count). The average Bonchev–Trinajstić information content (AvgIpc) is 3.06. The fraction of sp³-hybridized carbons (Fsp3) is 0.909. The number of nitrogens with two attached hydrogens (primary N) is 1. The van der Waals surface area contributed by atoms with Crippen molar-refractivity contribution in [3.63, 3.8) is 0 Å². The van der Waals surface area contributed by atoms with Crippen LogP contribution in [0, 0.1) is 5.92 Å². The van der Waals surface area contributed by atoms with Crippen LogP contribution >= 0.6 is 0 Å². The number of aliphatic carboxylic acids is 1. The van der Waals surface area contributed by atoms with Crippen LogP contribution in [0.1, 0.15) is 26.7 Å². The van der Waals surface area contributed by atoms with Gasteiger partial charge in [0, 0.05) is 6.61 Å². The van der Waals surface area contributed by atoms with Crippen molar-refractivity contribution in [2.75, 3.05) is 19.8 Å². The molecule has 1 aliphatic carbocycles. The lowest BCUT2D eigenvalue weighted by Gasteiger charge is -2.26. The van der Waals surface area contributed by atoms with E-state index in [4.69, 9.17) is 20.3 Å². The summed E-state index contributed by atoms with van der Waals surface area (Å²) in [7, 11) is 0. The molecule has 2 unspecified atom stereocenters. The van der Waals surface area contributed by atoms with E-state index in [1.165, 1.54) is 0 Å². The third-order valence-corrected chi connectivity index (χ3v) is 2.87. The normalized spacial score (nSPS) is 21.4. The molecule has 1 saturated carbocycles. The van der Waals surface area contributed by atoms with E-state index in [1.54, 1.807) is 0 Å². The van der Waals surface area contributed by atoms with Crippen molar-refractivity contribution < 1.29 is 19.4 Å². The van der Waals surface area contributed by atoms with Crippen LogP contribution in [0.2, 0.25) is 0 Å². The Labute approximate surface area is 95.9 Å². The Kier molecular flexibility index (Phi) is 4.70. The first-order chi connectivity index (χ1) is 7.50. The fourth-order valence-electron chi connectivity index (χ4n) is 1.56. The highest BCUT2D eigenvalue weighted by molar-refractivity contribution is 5.79. The van der Waals surface area contributed by atoms with Crippen LogP contribution in [-0.4, -0.2) is 42.5 Å². The van der Waals surface area contributed by atoms with Crippen LogP contribution in [0.3, 0.4) is 0 Å². The van der Waals surface area contributed by atoms with Gasteiger partial charge >= 0.3 is 5.97 Å². The van der Waals surface area contributed by atoms with Crippen LogP contribution < -0.4 is 5.73 Å². The number of hydrogen-bond donors (Lipinski definition) is 2. The molecule has 0 amide bonds. The summed E-state index contributed by atoms with van der Waals surface area (Å²) in [6.07, 6.45) is 1.64. The number of carboxylic acid groups (broad SMARTS) is 1. The van der Waals surface area contributed by atoms with Gasteiger partial charge in [0.25, 0.3) is 0 Å². The number of ether oxygens (including phenoxy) is 2. The Bertz CT molecular complexity index is 242. The molecule has 0 aromatic heterocycles. The van der Waals surface area contributed by atoms with Crippen LogP contribution in [0.15, 0.2) is 0 Å². The van der Waals surface area contributed by atoms with Crippen LogP contribution in [0.25, 0.3) is 0 Å². The minimum absolute atomic E-state index is 0.0568. The molecule has 2 atom stereocenters. The molecule has 5 heteroatoms. The first-order valence-electron chi connectivity index (χ1n) is 5.72. The van der Waals surface area contributed by atoms with E-state index in [2.05, 4.69) is 0 Å². The minimum atomic E-state index is -1.22. The van der Waals surface area contributed by atoms with Gasteiger partial charge in [-0.15, -0.1) is 0 Å². The third-order valence-electron chi connectivity index (χ3n) is 2.87. The van der Waals surface area contributed by atoms with Crippen molar-refractivity contribution in [2.24, 2.45) is 11.7 Å². The van der Waals surface area contributed by atoms with Gasteiger partial charge in [0.2, 0.25) is 0 Å². The van der Waals surface area contributed by atoms with Gasteiger partial charge in [-0.25, -0.2) is 0 Å². The molecule has 0 spiro atoms. The molecule has 0 saturated heterocycles. The molecule has 0 aliphatic heterocycles. The van der Waals surface area contributed by atoms with E-state index in [-0.39, 0.29) is 18.6 Å². The van der Waals surface area contributed by atoms with Crippen molar-refractivity contribution in [3.8, 4) is 0 Å². The smallest absolute Gasteiger partial charge is 0.326 e. The second-order valence-corrected chi connectivity index (χ2v) is 4.40. The van der Waals surface area contributed by atoms with Crippen molar-refractivity contribution >= 4 is 5.97 Å². The fourth-order valence-corrected chi connectivity index (χ4v) is 1.56. The Morgan fingerprint density at radius 2 is 2.25 bits per heavy atom. The van der Waals surface area contributed by atoms with E-state index in [1.807, 2.05) is 13.8 Å². The zero-order chi connectivity index (χ0) is 12.2. The predicted molar refractivity (Wildman–Crippen MR) is 59.2 cm³/mol. The van der Waals surface area contributed by atoms with Gasteiger partial charge in [-0.05, 0) is 32.6 Å². The van der Waals surface area contributed by atoms with Gasteiger partial charge in [-0.2, -0.15) is 0 Å². The average molecular weight is 231 g/mol. The van der Waals surface area contributed by atoms with Crippen molar-refractivity contribution in [3.05, 3.63) is 0 Å². The molecule has 3 N–H and O–H groups in total. The van der Waals surface area contributed by atoms with Crippen LogP contribution in [0.4, 0.5) is 0 Å². The molecular formula is C11H21NO4. The summed E-state index contributed by atoms with van der Waals surface area (Å²) in [5, 5.41) is 9.10. The monoisotopic (exact) mass is 231 g/mol. The van der Waals surface area contributed by atoms with Crippen LogP contribution in [0.5, 0.6) is 0 Å². The molecule has 0 radical (unpaired) electrons. The first-order valence-corrected chi connectivity index (χ1v) is 5.72. The second-order valence-electron chi connectivity index (χ2n) is 4.40. The number of hydrogen-bond acceptors (Lipinski definition) is 4. The number of rotatable bonds is 8. The Balaban J connectivity index is 2.35. The maximum atomic E-state index is 11.1. The van der Waals surface area contributed by atoms with E-state index >= 15 is 0 Å². The summed E-state index contributed by atoms with van der Waals surface area (Å²) in [5.41, 5.74) is 4.64. The molecule has 0 aromatic rings. The zero-order valence-electron chi connectivity index (χ0n) is 9.94. The van der Waals surface area contributed by atoms with E-state index in [0.717, 1.165) is 12.8 Å². The van der Waals surface area contributed by atoms with Gasteiger partial charge < -0.3 is 20.3 Å². The van der Waals surface area contributed by atoms with Gasteiger partial charge in [0.05, 0.1) is 19.3 Å². The lowest BCUT2D eigenvalue weighted by atomic mass is 9.96. The van der Waals surface area contributed by atoms with E-state index < -0.39 is 11.5 Å². The van der Waals surface area contributed by atoms with Gasteiger partial charge in [0.1, 0.15) is 5.54 Å². The highest BCUT2D eigenvalue weighted by Gasteiger charge is 2.48. The lowest BCUT2D eigenvalue weighted by Crippen LogP contribution is -2.54. The molecule has 1 fully saturated rings. The molecule has 5 nitrogen and oxygen atoms in total. The highest BCUT2D eigenvalue weighted by Crippen LogP contribution is 2.38. The molecule has 0 aromatic carbocycles. The largest absolute Gasteiger partial charge is 0.480 e. The maximum absolute atomic E-state index is 11.1. The highest BCUT2D eigenvalue weighted by atomic mass is 16.5. The van der Waals surface area contributed by atoms with Gasteiger partial charge in [0.15, 0.2) is 0 Å². The van der Waals surface area contributed by atoms with Gasteiger partial charge in [-0.1, -0.05) is 0 Å². The summed E-state index contributed by atoms with van der Waals surface area (Å²) in [6, 6.07) is 0. The summed E-state index contributed by atoms with van der Waals surface area (Å²) in [6.45, 7) is 4.91. The molecule has 1 aliphatic rings. The Hall–Kier alpha value is -0.650. The van der Waals surface area contributed by atoms with Crippen molar-refractivity contribution in [2.45, 2.75) is 38.3 Å². The lowest BCUT2D eigenvalue weighted by molar-refractivity contribution is -0.148. The molecule has 0 bridgehead atoms. The quantitative estimate of drug-likeness (QED) is 0.640. The molecular weight excluding hydrogens is 210 g/mol. The Morgan fingerprint density at radius 3 is 2.69 bits per heavy atom. The topological polar surface area (TPSA) is 81.8 Å². The summed E-state index contributed by atoms with van der Waals surface area (Å²) in [4.78, 5) is 11.1. The standard InChI is InChI=1S/C11H21NO4/c1-3-15-6-8(2)16-7-11(12,10(13)14)9-4-5-9/h8-9H,3-7,12H2,1-2H3,(H,13,14). The van der Waals surface area contributed by atoms with E-state index in [9.17, 15) is 4.79 Å². The number of carbonyl (C=O) groups is 1. The molecule has 0 heterocycles. The predicted octanol–water partition coefficient (Wildman–Crippen LogP) is 0.620. The van der Waals surface area contributed by atoms with E-state index in [0.29, 0.717) is 13.2 Å². The molecule has 94 valence electrons. The SMILES string of the molecule is CCOCC(C)OCC(N)(C(=O)O)C1CC1. The minimum Gasteiger partial charge on any atom is -0.480 e. The summed E-state index contributed by atoms with van der Waals surface area (Å²) < 4.78 is 10.6. The van der Waals surface area contributed by atoms with Crippen LogP contribution in [-0.2, 0) is 14.3 Å². The number of carboxylic acids is 1. The second kappa shape index (κ2) is 5.61. The first kappa shape index (κ1) is 13.4. The summed E-state index contributed by atoms with van der Waals surface area (Å²) in [5.74, 6) is -0.914. The van der Waals surface area contributed by atoms with Crippen molar-refractivity contribution in [1.29, 1.82) is 0 Å².